The third kappa shape index (κ3) is 4.80. The molecule has 0 aliphatic heterocycles. The number of nitrogens with zero attached hydrogens (tertiary/aromatic N) is 2. The first-order valence-corrected chi connectivity index (χ1v) is 12.4. The Morgan fingerprint density at radius 2 is 1.00 bits per heavy atom. The van der Waals surface area contributed by atoms with E-state index in [0.29, 0.717) is 11.8 Å². The molecular weight excluding hydrogens is 412 g/mol. The molecule has 0 saturated heterocycles. The molecule has 29 heavy (non-hydrogen) atoms. The zero-order chi connectivity index (χ0) is 20.4. The fraction of sp³-hybridized carbons (Fsp3) is 0.250. The molecule has 4 aromatic rings. The van der Waals surface area contributed by atoms with Crippen LogP contribution in [-0.4, -0.2) is 9.97 Å². The monoisotopic (exact) mass is 436 g/mol. The molecule has 0 aliphatic rings. The van der Waals surface area contributed by atoms with Gasteiger partial charge in [0, 0.05) is 21.9 Å². The molecular formula is C24H24N2S3. The van der Waals surface area contributed by atoms with Gasteiger partial charge in [0.2, 0.25) is 0 Å². The van der Waals surface area contributed by atoms with Crippen molar-refractivity contribution < 1.29 is 0 Å². The first kappa shape index (κ1) is 20.3. The number of hydrogen-bond acceptors (Lipinski definition) is 5. The molecule has 0 aliphatic carbocycles. The maximum atomic E-state index is 4.81. The van der Waals surface area contributed by atoms with Crippen LogP contribution < -0.4 is 0 Å². The fourth-order valence-electron chi connectivity index (χ4n) is 3.03. The second-order valence-electron chi connectivity index (χ2n) is 7.65. The maximum absolute atomic E-state index is 4.81. The van der Waals surface area contributed by atoms with Crippen molar-refractivity contribution in [3.8, 4) is 22.5 Å². The minimum Gasteiger partial charge on any atom is -0.229 e. The van der Waals surface area contributed by atoms with Gasteiger partial charge in [-0.1, -0.05) is 76.2 Å². The molecule has 0 amide bonds. The maximum Gasteiger partial charge on any atom is 0.157 e. The molecule has 0 fully saturated rings. The fourth-order valence-corrected chi connectivity index (χ4v) is 5.87. The van der Waals surface area contributed by atoms with E-state index in [9.17, 15) is 0 Å². The number of benzene rings is 2. The van der Waals surface area contributed by atoms with Gasteiger partial charge in [-0.15, -0.1) is 22.7 Å². The van der Waals surface area contributed by atoms with E-state index in [0.717, 1.165) is 20.1 Å². The first-order chi connectivity index (χ1) is 14.0. The highest BCUT2D eigenvalue weighted by atomic mass is 32.2. The summed E-state index contributed by atoms with van der Waals surface area (Å²) < 4.78 is 2.06. The quantitative estimate of drug-likeness (QED) is 0.304. The van der Waals surface area contributed by atoms with Gasteiger partial charge < -0.3 is 0 Å². The van der Waals surface area contributed by atoms with E-state index in [4.69, 9.17) is 9.97 Å². The molecule has 2 aromatic carbocycles. The van der Waals surface area contributed by atoms with Crippen LogP contribution in [0.25, 0.3) is 22.5 Å². The summed E-state index contributed by atoms with van der Waals surface area (Å²) in [6.45, 7) is 8.86. The Bertz CT molecular complexity index is 986. The lowest BCUT2D eigenvalue weighted by Crippen LogP contribution is -1.87. The molecule has 0 radical (unpaired) electrons. The summed E-state index contributed by atoms with van der Waals surface area (Å²) in [5, 5.41) is 4.26. The Kier molecular flexibility index (Phi) is 6.18. The van der Waals surface area contributed by atoms with E-state index in [1.807, 2.05) is 0 Å². The summed E-state index contributed by atoms with van der Waals surface area (Å²) in [5.74, 6) is 1.09. The van der Waals surface area contributed by atoms with Gasteiger partial charge in [-0.25, -0.2) is 9.97 Å². The van der Waals surface area contributed by atoms with Crippen molar-refractivity contribution in [3.05, 3.63) is 70.4 Å². The van der Waals surface area contributed by atoms with E-state index in [1.54, 1.807) is 34.4 Å². The van der Waals surface area contributed by atoms with Crippen LogP contribution in [-0.2, 0) is 0 Å². The van der Waals surface area contributed by atoms with Crippen molar-refractivity contribution in [1.82, 2.24) is 9.97 Å². The molecule has 0 atom stereocenters. The topological polar surface area (TPSA) is 25.8 Å². The van der Waals surface area contributed by atoms with Gasteiger partial charge in [0.15, 0.2) is 8.68 Å². The molecule has 0 spiro atoms. The summed E-state index contributed by atoms with van der Waals surface area (Å²) in [6.07, 6.45) is 0. The molecule has 0 unspecified atom stereocenters. The Balaban J connectivity index is 1.46. The van der Waals surface area contributed by atoms with E-state index in [-0.39, 0.29) is 0 Å². The lowest BCUT2D eigenvalue weighted by atomic mass is 10.0. The summed E-state index contributed by atoms with van der Waals surface area (Å²) in [5.41, 5.74) is 7.12. The Morgan fingerprint density at radius 1 is 0.621 bits per heavy atom. The van der Waals surface area contributed by atoms with Gasteiger partial charge in [-0.3, -0.25) is 0 Å². The summed E-state index contributed by atoms with van der Waals surface area (Å²) in [4.78, 5) is 9.62. The predicted octanol–water partition coefficient (Wildman–Crippen LogP) is 8.33. The minimum atomic E-state index is 0.547. The molecule has 5 heteroatoms. The van der Waals surface area contributed by atoms with Crippen LogP contribution in [0.4, 0.5) is 0 Å². The highest BCUT2D eigenvalue weighted by Crippen LogP contribution is 2.36. The van der Waals surface area contributed by atoms with Crippen LogP contribution in [0.2, 0.25) is 0 Å². The number of aromatic nitrogens is 2. The molecule has 2 nitrogen and oxygen atoms in total. The predicted molar refractivity (Wildman–Crippen MR) is 127 cm³/mol. The van der Waals surface area contributed by atoms with Crippen molar-refractivity contribution in [2.45, 2.75) is 48.2 Å². The standard InChI is InChI=1S/C24H24N2S3/c1-15(2)17-5-9-19(10-6-17)21-13-27-23(25-21)29-24-26-22(14-28-24)20-11-7-18(8-12-20)16(3)4/h5-16H,1-4H3. The van der Waals surface area contributed by atoms with E-state index < -0.39 is 0 Å². The van der Waals surface area contributed by atoms with Gasteiger partial charge in [-0.05, 0) is 34.7 Å². The van der Waals surface area contributed by atoms with Crippen LogP contribution >= 0.6 is 34.4 Å². The Morgan fingerprint density at radius 3 is 1.34 bits per heavy atom. The molecule has 4 rings (SSSR count). The van der Waals surface area contributed by atoms with Gasteiger partial charge in [0.05, 0.1) is 11.4 Å². The van der Waals surface area contributed by atoms with Crippen LogP contribution in [0.3, 0.4) is 0 Å². The molecule has 2 heterocycles. The van der Waals surface area contributed by atoms with Crippen molar-refractivity contribution in [1.29, 1.82) is 0 Å². The third-order valence-corrected chi connectivity index (χ3v) is 7.76. The number of thiazole rings is 2. The SMILES string of the molecule is CC(C)c1ccc(-c2csc(Sc3nc(-c4ccc(C(C)C)cc4)cs3)n2)cc1. The van der Waals surface area contributed by atoms with Crippen LogP contribution in [0.5, 0.6) is 0 Å². The second-order valence-corrected chi connectivity index (χ2v) is 10.9. The average Bonchev–Trinajstić information content (AvgIpc) is 3.38. The Hall–Kier alpha value is -1.95. The average molecular weight is 437 g/mol. The Labute approximate surface area is 185 Å². The third-order valence-electron chi connectivity index (χ3n) is 4.89. The number of hydrogen-bond donors (Lipinski definition) is 0. The first-order valence-electron chi connectivity index (χ1n) is 9.79. The number of rotatable bonds is 6. The molecule has 2 aromatic heterocycles. The normalized spacial score (nSPS) is 11.5. The van der Waals surface area contributed by atoms with E-state index in [2.05, 4.69) is 87.0 Å². The lowest BCUT2D eigenvalue weighted by molar-refractivity contribution is 0.867. The second kappa shape index (κ2) is 8.82. The van der Waals surface area contributed by atoms with Crippen molar-refractivity contribution in [2.24, 2.45) is 0 Å². The van der Waals surface area contributed by atoms with E-state index >= 15 is 0 Å². The van der Waals surface area contributed by atoms with Gasteiger partial charge in [0.25, 0.3) is 0 Å². The largest absolute Gasteiger partial charge is 0.229 e. The smallest absolute Gasteiger partial charge is 0.157 e. The summed E-state index contributed by atoms with van der Waals surface area (Å²) in [6, 6.07) is 17.5. The van der Waals surface area contributed by atoms with Crippen LogP contribution in [0, 0.1) is 0 Å². The summed E-state index contributed by atoms with van der Waals surface area (Å²) >= 11 is 5.01. The molecule has 0 bridgehead atoms. The zero-order valence-corrected chi connectivity index (χ0v) is 19.5. The lowest BCUT2D eigenvalue weighted by Gasteiger charge is -2.05. The molecule has 0 saturated carbocycles. The minimum absolute atomic E-state index is 0.547. The van der Waals surface area contributed by atoms with Crippen LogP contribution in [0.15, 0.2) is 68.0 Å². The van der Waals surface area contributed by atoms with Crippen LogP contribution in [0.1, 0.15) is 50.7 Å². The molecule has 0 N–H and O–H groups in total. The highest BCUT2D eigenvalue weighted by Gasteiger charge is 2.11. The van der Waals surface area contributed by atoms with Gasteiger partial charge >= 0.3 is 0 Å². The molecule has 148 valence electrons. The summed E-state index contributed by atoms with van der Waals surface area (Å²) in [7, 11) is 0. The van der Waals surface area contributed by atoms with Crippen molar-refractivity contribution >= 4 is 34.4 Å². The van der Waals surface area contributed by atoms with Crippen molar-refractivity contribution in [2.75, 3.05) is 0 Å². The van der Waals surface area contributed by atoms with Gasteiger partial charge in [0.1, 0.15) is 0 Å². The van der Waals surface area contributed by atoms with Crippen molar-refractivity contribution in [3.63, 3.8) is 0 Å². The zero-order valence-electron chi connectivity index (χ0n) is 17.0. The van der Waals surface area contributed by atoms with E-state index in [1.165, 1.54) is 22.3 Å². The highest BCUT2D eigenvalue weighted by molar-refractivity contribution is 8.02. The van der Waals surface area contributed by atoms with Gasteiger partial charge in [-0.2, -0.15) is 0 Å².